The molecule has 0 aromatic heterocycles. The molecular weight excluding hydrogens is 646 g/mol. The zero-order chi connectivity index (χ0) is 35.5. The van der Waals surface area contributed by atoms with Crippen LogP contribution >= 0.6 is 11.6 Å². The van der Waals surface area contributed by atoms with Gasteiger partial charge in [-0.3, -0.25) is 28.8 Å². The van der Waals surface area contributed by atoms with Crippen molar-refractivity contribution in [3.05, 3.63) is 29.3 Å². The number of amides is 5. The van der Waals surface area contributed by atoms with Gasteiger partial charge in [0.15, 0.2) is 0 Å². The smallest absolute Gasteiger partial charge is 0.289 e. The largest absolute Gasteiger partial charge is 0.347 e. The van der Waals surface area contributed by atoms with Gasteiger partial charge in [-0.2, -0.15) is 0 Å². The van der Waals surface area contributed by atoms with Crippen LogP contribution in [0.1, 0.15) is 105 Å². The van der Waals surface area contributed by atoms with Crippen LogP contribution < -0.4 is 20.9 Å². The van der Waals surface area contributed by atoms with Crippen LogP contribution in [0.25, 0.3) is 0 Å². The highest BCUT2D eigenvalue weighted by Crippen LogP contribution is 2.45. The first-order valence-electron chi connectivity index (χ1n) is 18.0. The van der Waals surface area contributed by atoms with E-state index in [-0.39, 0.29) is 56.1 Å². The molecule has 5 rings (SSSR count). The maximum absolute atomic E-state index is 14.6. The molecule has 1 spiro atoms. The van der Waals surface area contributed by atoms with E-state index in [4.69, 9.17) is 11.6 Å². The van der Waals surface area contributed by atoms with E-state index in [9.17, 15) is 28.8 Å². The van der Waals surface area contributed by atoms with Gasteiger partial charge in [0.05, 0.1) is 6.04 Å². The van der Waals surface area contributed by atoms with Gasteiger partial charge in [0.25, 0.3) is 5.91 Å². The number of likely N-dealkylation sites (tertiary alicyclic amines) is 1. The first-order chi connectivity index (χ1) is 23.2. The molecule has 2 saturated carbocycles. The number of halogens is 1. The first kappa shape index (κ1) is 36.8. The highest BCUT2D eigenvalue weighted by Gasteiger charge is 2.56. The van der Waals surface area contributed by atoms with Gasteiger partial charge in [-0.1, -0.05) is 71.0 Å². The average Bonchev–Trinajstić information content (AvgIpc) is 3.70. The van der Waals surface area contributed by atoms with Crippen LogP contribution in [0.15, 0.2) is 24.3 Å². The quantitative estimate of drug-likeness (QED) is 0.278. The van der Waals surface area contributed by atoms with Gasteiger partial charge in [0.2, 0.25) is 29.4 Å². The van der Waals surface area contributed by atoms with E-state index < -0.39 is 52.5 Å². The standard InChI is InChI=1S/C37H52ClN5O6/c1-5-10-27(31(46)34(48)39-25-15-16-25)40-33(47)28-19-37(20-30(45)42(21-37)26-14-9-13-24(38)18-26)22-43(28)35(49)32(36(2,3)4)41-29(44)17-23-11-7-6-8-12-23/h9,13-14,18,23,25,27-28,32H,5-8,10-12,15-17,19-22H2,1-4H3,(H,39,48)(H,40,47)(H,41,44)/t27-,28?,32+,37-/m0/s1. The summed E-state index contributed by atoms with van der Waals surface area (Å²) in [5.74, 6) is -2.42. The highest BCUT2D eigenvalue weighted by molar-refractivity contribution is 6.38. The third-order valence-electron chi connectivity index (χ3n) is 10.5. The first-order valence-corrected chi connectivity index (χ1v) is 18.4. The zero-order valence-electron chi connectivity index (χ0n) is 29.3. The van der Waals surface area contributed by atoms with Gasteiger partial charge >= 0.3 is 0 Å². The lowest BCUT2D eigenvalue weighted by molar-refractivity contribution is -0.145. The molecule has 1 aromatic rings. The van der Waals surface area contributed by atoms with Gasteiger partial charge < -0.3 is 25.8 Å². The molecule has 1 unspecified atom stereocenters. The lowest BCUT2D eigenvalue weighted by Crippen LogP contribution is -2.59. The number of benzene rings is 1. The molecule has 0 bridgehead atoms. The van der Waals surface area contributed by atoms with Crippen LogP contribution in [0.4, 0.5) is 5.69 Å². The lowest BCUT2D eigenvalue weighted by atomic mass is 9.84. The molecule has 3 N–H and O–H groups in total. The Kier molecular flexibility index (Phi) is 11.4. The summed E-state index contributed by atoms with van der Waals surface area (Å²) in [5, 5.41) is 9.04. The minimum atomic E-state index is -1.05. The van der Waals surface area contributed by atoms with Crippen molar-refractivity contribution in [2.75, 3.05) is 18.0 Å². The summed E-state index contributed by atoms with van der Waals surface area (Å²) in [4.78, 5) is 84.7. The van der Waals surface area contributed by atoms with E-state index in [0.717, 1.165) is 38.5 Å². The normalized spacial score (nSPS) is 24.1. The predicted octanol–water partition coefficient (Wildman–Crippen LogP) is 4.30. The van der Waals surface area contributed by atoms with Crippen molar-refractivity contribution in [2.24, 2.45) is 16.7 Å². The van der Waals surface area contributed by atoms with E-state index in [1.807, 2.05) is 27.7 Å². The lowest BCUT2D eigenvalue weighted by Gasteiger charge is -2.36. The topological polar surface area (TPSA) is 145 Å². The molecule has 4 aliphatic rings. The van der Waals surface area contributed by atoms with E-state index in [2.05, 4.69) is 16.0 Å². The van der Waals surface area contributed by atoms with Crippen LogP contribution in [0.5, 0.6) is 0 Å². The van der Waals surface area contributed by atoms with Gasteiger partial charge in [-0.25, -0.2) is 0 Å². The second kappa shape index (κ2) is 15.2. The number of rotatable bonds is 12. The zero-order valence-corrected chi connectivity index (χ0v) is 30.1. The fourth-order valence-corrected chi connectivity index (χ4v) is 7.88. The van der Waals surface area contributed by atoms with Crippen LogP contribution in [0.2, 0.25) is 5.02 Å². The second-order valence-electron chi connectivity index (χ2n) is 15.9. The van der Waals surface area contributed by atoms with Crippen LogP contribution in [0, 0.1) is 16.7 Å². The van der Waals surface area contributed by atoms with Crippen LogP contribution in [-0.2, 0) is 28.8 Å². The Morgan fingerprint density at radius 1 is 1.00 bits per heavy atom. The third kappa shape index (κ3) is 9.01. The summed E-state index contributed by atoms with van der Waals surface area (Å²) in [7, 11) is 0. The molecule has 2 heterocycles. The molecule has 4 fully saturated rings. The summed E-state index contributed by atoms with van der Waals surface area (Å²) in [6.07, 6.45) is 8.45. The number of anilines is 1. The Bertz CT molecular complexity index is 1450. The highest BCUT2D eigenvalue weighted by atomic mass is 35.5. The van der Waals surface area contributed by atoms with E-state index in [1.165, 1.54) is 11.3 Å². The van der Waals surface area contributed by atoms with Gasteiger partial charge in [-0.05, 0) is 68.1 Å². The van der Waals surface area contributed by atoms with Crippen LogP contribution in [-0.4, -0.2) is 77.5 Å². The Balaban J connectivity index is 1.40. The number of nitrogens with zero attached hydrogens (tertiary/aromatic N) is 2. The number of carbonyl (C=O) groups is 6. The summed E-state index contributed by atoms with van der Waals surface area (Å²) >= 11 is 6.25. The molecule has 4 atom stereocenters. The SMILES string of the molecule is CCC[C@H](NC(=O)C1C[C@@]2(CC(=O)N(c3cccc(Cl)c3)C2)CN1C(=O)[C@@H](NC(=O)CC1CCCCC1)C(C)(C)C)C(=O)C(=O)NC1CC1. The van der Waals surface area contributed by atoms with E-state index >= 15 is 0 Å². The molecule has 12 heteroatoms. The summed E-state index contributed by atoms with van der Waals surface area (Å²) in [6.45, 7) is 7.90. The predicted molar refractivity (Wildman–Crippen MR) is 187 cm³/mol. The number of hydrogen-bond donors (Lipinski definition) is 3. The number of ketones is 1. The van der Waals surface area contributed by atoms with Crippen molar-refractivity contribution in [2.45, 2.75) is 129 Å². The van der Waals surface area contributed by atoms with Crippen molar-refractivity contribution >= 4 is 52.6 Å². The van der Waals surface area contributed by atoms with E-state index in [0.29, 0.717) is 23.6 Å². The Hall–Kier alpha value is -3.47. The molecule has 11 nitrogen and oxygen atoms in total. The molecule has 0 radical (unpaired) electrons. The van der Waals surface area contributed by atoms with Gasteiger partial charge in [0.1, 0.15) is 12.1 Å². The van der Waals surface area contributed by atoms with Crippen molar-refractivity contribution in [3.63, 3.8) is 0 Å². The summed E-state index contributed by atoms with van der Waals surface area (Å²) in [6, 6.07) is 4.01. The average molecular weight is 698 g/mol. The summed E-state index contributed by atoms with van der Waals surface area (Å²) < 4.78 is 0. The third-order valence-corrected chi connectivity index (χ3v) is 10.7. The fraction of sp³-hybridized carbons (Fsp3) is 0.676. The number of carbonyl (C=O) groups excluding carboxylic acids is 6. The fourth-order valence-electron chi connectivity index (χ4n) is 7.70. The van der Waals surface area contributed by atoms with Crippen molar-refractivity contribution in [1.82, 2.24) is 20.9 Å². The van der Waals surface area contributed by atoms with Crippen molar-refractivity contribution < 1.29 is 28.8 Å². The number of nitrogens with one attached hydrogen (secondary N) is 3. The Morgan fingerprint density at radius 3 is 2.35 bits per heavy atom. The van der Waals surface area contributed by atoms with E-state index in [1.54, 1.807) is 29.2 Å². The second-order valence-corrected chi connectivity index (χ2v) is 16.3. The maximum Gasteiger partial charge on any atom is 0.289 e. The molecule has 268 valence electrons. The number of hydrogen-bond acceptors (Lipinski definition) is 6. The molecule has 2 aliphatic carbocycles. The number of Topliss-reactive ketones (excluding diaryl/α,β-unsaturated/α-hetero) is 1. The molecular formula is C37H52ClN5O6. The van der Waals surface area contributed by atoms with Crippen molar-refractivity contribution in [3.8, 4) is 0 Å². The molecule has 2 saturated heterocycles. The van der Waals surface area contributed by atoms with Crippen LogP contribution in [0.3, 0.4) is 0 Å². The van der Waals surface area contributed by atoms with Gasteiger partial charge in [-0.15, -0.1) is 0 Å². The monoisotopic (exact) mass is 697 g/mol. The molecule has 1 aromatic carbocycles. The molecule has 2 aliphatic heterocycles. The van der Waals surface area contributed by atoms with Crippen molar-refractivity contribution in [1.29, 1.82) is 0 Å². The maximum atomic E-state index is 14.6. The molecule has 5 amide bonds. The molecule has 49 heavy (non-hydrogen) atoms. The summed E-state index contributed by atoms with van der Waals surface area (Å²) in [5.41, 5.74) is -0.798. The minimum Gasteiger partial charge on any atom is -0.347 e. The van der Waals surface area contributed by atoms with Gasteiger partial charge in [0, 0.05) is 48.1 Å². The minimum absolute atomic E-state index is 0.0118. The Morgan fingerprint density at radius 2 is 1.71 bits per heavy atom. The Labute approximate surface area is 294 Å².